The Morgan fingerprint density at radius 1 is 1.09 bits per heavy atom. The Morgan fingerprint density at radius 2 is 1.75 bits per heavy atom. The van der Waals surface area contributed by atoms with Crippen molar-refractivity contribution in [3.05, 3.63) is 65.1 Å². The van der Waals surface area contributed by atoms with Crippen LogP contribution in [0.1, 0.15) is 46.0 Å². The van der Waals surface area contributed by atoms with Gasteiger partial charge in [-0.05, 0) is 43.5 Å². The average Bonchev–Trinajstić information content (AvgIpc) is 3.10. The van der Waals surface area contributed by atoms with E-state index in [0.29, 0.717) is 22.3 Å². The van der Waals surface area contributed by atoms with Crippen LogP contribution in [0.3, 0.4) is 0 Å². The van der Waals surface area contributed by atoms with E-state index >= 15 is 4.39 Å². The summed E-state index contributed by atoms with van der Waals surface area (Å²) in [6, 6.07) is 9.31. The molecule has 168 valence electrons. The summed E-state index contributed by atoms with van der Waals surface area (Å²) < 4.78 is 35.8. The van der Waals surface area contributed by atoms with Crippen LogP contribution >= 0.6 is 0 Å². The molecule has 7 heteroatoms. The highest BCUT2D eigenvalue weighted by molar-refractivity contribution is 6.10. The molecule has 0 atom stereocenters. The van der Waals surface area contributed by atoms with Crippen molar-refractivity contribution in [1.82, 2.24) is 9.47 Å². The highest BCUT2D eigenvalue weighted by Gasteiger charge is 2.37. The average molecular weight is 440 g/mol. The number of rotatable bonds is 5. The Morgan fingerprint density at radius 3 is 2.34 bits per heavy atom. The molecule has 1 fully saturated rings. The normalized spacial score (nSPS) is 15.7. The minimum atomic E-state index is -1.44. The lowest BCUT2D eigenvalue weighted by atomic mass is 9.86. The lowest BCUT2D eigenvalue weighted by Crippen LogP contribution is -2.45. The van der Waals surface area contributed by atoms with Crippen molar-refractivity contribution in [2.45, 2.75) is 31.9 Å². The number of Topliss-reactive ketones (excluding diaryl/α,β-unsaturated/α-hetero) is 1. The number of ketones is 1. The van der Waals surface area contributed by atoms with Gasteiger partial charge in [0.1, 0.15) is 17.2 Å². The summed E-state index contributed by atoms with van der Waals surface area (Å²) in [6.07, 6.45) is 2.33. The second-order valence-corrected chi connectivity index (χ2v) is 8.53. The minimum absolute atomic E-state index is 0.0832. The van der Waals surface area contributed by atoms with E-state index in [1.807, 2.05) is 11.6 Å². The van der Waals surface area contributed by atoms with E-state index in [1.165, 1.54) is 26.2 Å². The lowest BCUT2D eigenvalue weighted by Gasteiger charge is -2.36. The number of aromatic nitrogens is 1. The van der Waals surface area contributed by atoms with Crippen molar-refractivity contribution in [1.29, 1.82) is 0 Å². The van der Waals surface area contributed by atoms with Gasteiger partial charge in [-0.2, -0.15) is 0 Å². The minimum Gasteiger partial charge on any atom is -0.496 e. The third-order valence-corrected chi connectivity index (χ3v) is 6.30. The van der Waals surface area contributed by atoms with Crippen LogP contribution in [0.25, 0.3) is 10.9 Å². The Kier molecular flexibility index (Phi) is 5.75. The number of piperidine rings is 1. The Balaban J connectivity index is 1.55. The Hall–Kier alpha value is -3.22. The molecule has 0 bridgehead atoms. The van der Waals surface area contributed by atoms with E-state index in [9.17, 15) is 14.0 Å². The highest BCUT2D eigenvalue weighted by atomic mass is 19.1. The fraction of sp³-hybridized carbons (Fsp3) is 0.360. The first kappa shape index (κ1) is 22.0. The van der Waals surface area contributed by atoms with E-state index in [1.54, 1.807) is 35.4 Å². The van der Waals surface area contributed by atoms with Gasteiger partial charge in [0.05, 0.1) is 18.2 Å². The van der Waals surface area contributed by atoms with Crippen LogP contribution in [0.15, 0.2) is 42.6 Å². The zero-order valence-corrected chi connectivity index (χ0v) is 18.5. The molecule has 3 aromatic rings. The Bertz CT molecular complexity index is 1180. The molecule has 5 nitrogen and oxygen atoms in total. The summed E-state index contributed by atoms with van der Waals surface area (Å²) in [4.78, 5) is 27.0. The molecule has 1 aliphatic rings. The molecular weight excluding hydrogens is 414 g/mol. The van der Waals surface area contributed by atoms with Gasteiger partial charge in [-0.15, -0.1) is 0 Å². The summed E-state index contributed by atoms with van der Waals surface area (Å²) in [5, 5.41) is 0.692. The summed E-state index contributed by atoms with van der Waals surface area (Å²) in [6.45, 7) is 2.03. The second kappa shape index (κ2) is 8.37. The number of likely N-dealkylation sites (tertiary alicyclic amines) is 1. The maximum atomic E-state index is 15.4. The molecule has 0 N–H and O–H groups in total. The van der Waals surface area contributed by atoms with E-state index in [2.05, 4.69) is 0 Å². The van der Waals surface area contributed by atoms with E-state index in [4.69, 9.17) is 4.74 Å². The van der Waals surface area contributed by atoms with Crippen molar-refractivity contribution >= 4 is 22.6 Å². The number of ether oxygens (including phenoxy) is 1. The van der Waals surface area contributed by atoms with Crippen LogP contribution in [-0.2, 0) is 13.5 Å². The monoisotopic (exact) mass is 440 g/mol. The molecule has 1 aliphatic heterocycles. The molecule has 0 radical (unpaired) electrons. The number of nitrogens with zero attached hydrogens (tertiary/aromatic N) is 2. The molecule has 1 aromatic heterocycles. The number of hydrogen-bond donors (Lipinski definition) is 0. The van der Waals surface area contributed by atoms with Crippen LogP contribution in [0.2, 0.25) is 0 Å². The topological polar surface area (TPSA) is 51.5 Å². The number of fused-ring (bicyclic) bond motifs is 1. The number of hydrogen-bond acceptors (Lipinski definition) is 3. The van der Waals surface area contributed by atoms with Gasteiger partial charge in [0.2, 0.25) is 0 Å². The van der Waals surface area contributed by atoms with Gasteiger partial charge in [-0.25, -0.2) is 8.78 Å². The SMILES string of the molecule is COc1cc2c(cc1C(=O)N1CCC(F)(Cc3ccc(F)cc3)CC1)c(C(C)=O)cn2C. The van der Waals surface area contributed by atoms with Gasteiger partial charge in [0, 0.05) is 49.8 Å². The molecule has 1 saturated heterocycles. The smallest absolute Gasteiger partial charge is 0.257 e. The van der Waals surface area contributed by atoms with Crippen molar-refractivity contribution in [3.63, 3.8) is 0 Å². The van der Waals surface area contributed by atoms with Crippen molar-refractivity contribution in [2.75, 3.05) is 20.2 Å². The number of alkyl halides is 1. The summed E-state index contributed by atoms with van der Waals surface area (Å²) >= 11 is 0. The zero-order chi connectivity index (χ0) is 23.0. The number of benzene rings is 2. The van der Waals surface area contributed by atoms with Gasteiger partial charge in [0.15, 0.2) is 5.78 Å². The fourth-order valence-corrected chi connectivity index (χ4v) is 4.45. The summed E-state index contributed by atoms with van der Waals surface area (Å²) in [7, 11) is 3.33. The number of carbonyl (C=O) groups is 2. The molecule has 0 spiro atoms. The maximum Gasteiger partial charge on any atom is 0.257 e. The third-order valence-electron chi connectivity index (χ3n) is 6.30. The van der Waals surface area contributed by atoms with Crippen LogP contribution in [0.5, 0.6) is 5.75 Å². The van der Waals surface area contributed by atoms with Gasteiger partial charge >= 0.3 is 0 Å². The van der Waals surface area contributed by atoms with Gasteiger partial charge in [0.25, 0.3) is 5.91 Å². The Labute approximate surface area is 185 Å². The molecule has 0 saturated carbocycles. The fourth-order valence-electron chi connectivity index (χ4n) is 4.45. The van der Waals surface area contributed by atoms with Crippen molar-refractivity contribution < 1.29 is 23.1 Å². The molecule has 0 aliphatic carbocycles. The number of methoxy groups -OCH3 is 1. The highest BCUT2D eigenvalue weighted by Crippen LogP contribution is 2.34. The molecular formula is C25H26F2N2O3. The molecule has 0 unspecified atom stereocenters. The molecule has 32 heavy (non-hydrogen) atoms. The largest absolute Gasteiger partial charge is 0.496 e. The van der Waals surface area contributed by atoms with E-state index in [-0.39, 0.29) is 49.9 Å². The van der Waals surface area contributed by atoms with E-state index in [0.717, 1.165) is 11.1 Å². The number of carbonyl (C=O) groups excluding carboxylic acids is 2. The summed E-state index contributed by atoms with van der Waals surface area (Å²) in [5.41, 5.74) is 0.994. The van der Waals surface area contributed by atoms with Crippen LogP contribution in [0, 0.1) is 5.82 Å². The number of aryl methyl sites for hydroxylation is 1. The molecule has 4 rings (SSSR count). The number of halogens is 2. The predicted molar refractivity (Wildman–Crippen MR) is 119 cm³/mol. The lowest BCUT2D eigenvalue weighted by molar-refractivity contribution is 0.0435. The third kappa shape index (κ3) is 4.11. The number of amides is 1. The quantitative estimate of drug-likeness (QED) is 0.540. The molecule has 1 amide bonds. The van der Waals surface area contributed by atoms with Gasteiger partial charge < -0.3 is 14.2 Å². The maximum absolute atomic E-state index is 15.4. The zero-order valence-electron chi connectivity index (χ0n) is 18.5. The standard InChI is InChI=1S/C25H26F2N2O3/c1-16(30)21-15-28(2)22-13-23(32-3)20(12-19(21)22)24(31)29-10-8-25(27,9-11-29)14-17-4-6-18(26)7-5-17/h4-7,12-13,15H,8-11,14H2,1-3H3. The first-order valence-electron chi connectivity index (χ1n) is 10.6. The van der Waals surface area contributed by atoms with Gasteiger partial charge in [-0.3, -0.25) is 9.59 Å². The first-order chi connectivity index (χ1) is 15.2. The van der Waals surface area contributed by atoms with Crippen molar-refractivity contribution in [2.24, 2.45) is 7.05 Å². The molecule has 2 aromatic carbocycles. The van der Waals surface area contributed by atoms with Gasteiger partial charge in [-0.1, -0.05) is 12.1 Å². The molecule has 2 heterocycles. The first-order valence-corrected chi connectivity index (χ1v) is 10.6. The predicted octanol–water partition coefficient (Wildman–Crippen LogP) is 4.72. The second-order valence-electron chi connectivity index (χ2n) is 8.53. The summed E-state index contributed by atoms with van der Waals surface area (Å²) in [5.74, 6) is -0.257. The van der Waals surface area contributed by atoms with Crippen molar-refractivity contribution in [3.8, 4) is 5.75 Å². The van der Waals surface area contributed by atoms with Crippen LogP contribution < -0.4 is 4.74 Å². The van der Waals surface area contributed by atoms with Crippen LogP contribution in [-0.4, -0.2) is 47.0 Å². The van der Waals surface area contributed by atoms with E-state index < -0.39 is 5.67 Å². The van der Waals surface area contributed by atoms with Crippen LogP contribution in [0.4, 0.5) is 8.78 Å².